The van der Waals surface area contributed by atoms with Crippen molar-refractivity contribution in [2.24, 2.45) is 0 Å². The largest absolute Gasteiger partial charge is 0.462 e. The first-order valence-corrected chi connectivity index (χ1v) is 26.0. The van der Waals surface area contributed by atoms with Crippen molar-refractivity contribution in [1.29, 1.82) is 0 Å². The number of rotatable bonds is 45. The highest BCUT2D eigenvalue weighted by molar-refractivity contribution is 5.71. The summed E-state index contributed by atoms with van der Waals surface area (Å²) in [6.07, 6.45) is 69.4. The molecule has 6 nitrogen and oxygen atoms in total. The second-order valence-electron chi connectivity index (χ2n) is 16.8. The molecule has 0 radical (unpaired) electrons. The van der Waals surface area contributed by atoms with Crippen LogP contribution in [-0.2, 0) is 28.6 Å². The molecule has 0 aromatic heterocycles. The van der Waals surface area contributed by atoms with E-state index in [4.69, 9.17) is 14.2 Å². The summed E-state index contributed by atoms with van der Waals surface area (Å²) in [4.78, 5) is 37.9. The number of carbonyl (C=O) groups is 3. The van der Waals surface area contributed by atoms with E-state index < -0.39 is 6.10 Å². The van der Waals surface area contributed by atoms with E-state index in [9.17, 15) is 14.4 Å². The van der Waals surface area contributed by atoms with E-state index in [1.54, 1.807) is 0 Å². The van der Waals surface area contributed by atoms with E-state index >= 15 is 0 Å². The number of esters is 3. The summed E-state index contributed by atoms with van der Waals surface area (Å²) in [6, 6.07) is 0. The Labute approximate surface area is 393 Å². The quantitative estimate of drug-likeness (QED) is 0.0199. The van der Waals surface area contributed by atoms with E-state index in [1.807, 2.05) is 36.5 Å². The van der Waals surface area contributed by atoms with Gasteiger partial charge < -0.3 is 14.2 Å². The predicted molar refractivity (Wildman–Crippen MR) is 274 cm³/mol. The van der Waals surface area contributed by atoms with Gasteiger partial charge in [0, 0.05) is 19.3 Å². The summed E-state index contributed by atoms with van der Waals surface area (Å²) in [6.45, 7) is 6.37. The minimum Gasteiger partial charge on any atom is -0.462 e. The lowest BCUT2D eigenvalue weighted by atomic mass is 10.1. The SMILES string of the molecule is CC/C=C/C=C/C=C/C=C/CCCCCC(=O)OCC(COC(=O)CCC/C=C/C/C=C/C/C=C/CCCCCCCC)OC(=O)CCCCC/C=C/C=C/CCCCCCCCC. The van der Waals surface area contributed by atoms with E-state index in [-0.39, 0.29) is 44.0 Å². The number of unbranched alkanes of at least 4 members (excludes halogenated alkanes) is 20. The van der Waals surface area contributed by atoms with Gasteiger partial charge in [-0.25, -0.2) is 0 Å². The van der Waals surface area contributed by atoms with Gasteiger partial charge in [-0.2, -0.15) is 0 Å². The normalized spacial score (nSPS) is 13.0. The van der Waals surface area contributed by atoms with Gasteiger partial charge in [0.2, 0.25) is 0 Å². The van der Waals surface area contributed by atoms with Crippen LogP contribution in [0.2, 0.25) is 0 Å². The van der Waals surface area contributed by atoms with Crippen LogP contribution in [0.25, 0.3) is 0 Å². The maximum absolute atomic E-state index is 12.8. The van der Waals surface area contributed by atoms with Gasteiger partial charge in [0.05, 0.1) is 0 Å². The second kappa shape index (κ2) is 51.7. The first-order chi connectivity index (χ1) is 31.5. The molecule has 362 valence electrons. The zero-order valence-corrected chi connectivity index (χ0v) is 41.3. The topological polar surface area (TPSA) is 78.9 Å². The summed E-state index contributed by atoms with van der Waals surface area (Å²) < 4.78 is 16.7. The van der Waals surface area contributed by atoms with Gasteiger partial charge in [-0.3, -0.25) is 14.4 Å². The lowest BCUT2D eigenvalue weighted by Crippen LogP contribution is -2.30. The van der Waals surface area contributed by atoms with E-state index in [2.05, 4.69) is 93.7 Å². The molecule has 0 amide bonds. The molecule has 0 spiro atoms. The van der Waals surface area contributed by atoms with Crippen molar-refractivity contribution in [2.75, 3.05) is 13.2 Å². The van der Waals surface area contributed by atoms with Crippen LogP contribution in [0, 0.1) is 0 Å². The molecule has 0 aliphatic heterocycles. The molecule has 1 atom stereocenters. The van der Waals surface area contributed by atoms with E-state index in [0.717, 1.165) is 77.0 Å². The summed E-state index contributed by atoms with van der Waals surface area (Å²) in [5.74, 6) is -1.05. The molecule has 0 fully saturated rings. The summed E-state index contributed by atoms with van der Waals surface area (Å²) >= 11 is 0. The van der Waals surface area contributed by atoms with Crippen molar-refractivity contribution in [3.05, 3.63) is 109 Å². The Bertz CT molecular complexity index is 1340. The molecule has 0 aromatic carbocycles. The van der Waals surface area contributed by atoms with Crippen LogP contribution < -0.4 is 0 Å². The molecule has 0 aliphatic rings. The Morgan fingerprint density at radius 3 is 1.17 bits per heavy atom. The fourth-order valence-electron chi connectivity index (χ4n) is 6.69. The maximum atomic E-state index is 12.8. The fraction of sp³-hybridized carbons (Fsp3) is 0.638. The van der Waals surface area contributed by atoms with Gasteiger partial charge in [-0.15, -0.1) is 0 Å². The lowest BCUT2D eigenvalue weighted by molar-refractivity contribution is -0.167. The molecule has 64 heavy (non-hydrogen) atoms. The van der Waals surface area contributed by atoms with Gasteiger partial charge in [-0.05, 0) is 96.3 Å². The molecule has 0 heterocycles. The standard InChI is InChI=1S/C58H94O6/c1-4-7-10-13-16-19-22-25-27-29-31-33-36-39-42-45-48-51-57(60)63-54-55(53-62-56(59)50-47-44-41-38-35-32-24-21-18-15-12-9-6-3)64-58(61)52-49-46-43-40-37-34-30-28-26-23-20-17-14-11-8-5-2/h9,12,15,18,21,24-25,27-28,30-35,37,39,42,55H,4-8,10-11,13-14,16-17,19-20,22-23,26,29,36,38,40-41,43-54H2,1-3H3/b12-9+,18-15+,24-21+,27-25+,30-28+,33-31+,35-32+,37-34+,42-39+. The molecular weight excluding hydrogens is 793 g/mol. The Morgan fingerprint density at radius 1 is 0.344 bits per heavy atom. The second-order valence-corrected chi connectivity index (χ2v) is 16.8. The number of allylic oxidation sites excluding steroid dienone is 18. The highest BCUT2D eigenvalue weighted by atomic mass is 16.6. The summed E-state index contributed by atoms with van der Waals surface area (Å²) in [5, 5.41) is 0. The summed E-state index contributed by atoms with van der Waals surface area (Å²) in [7, 11) is 0. The Kier molecular flexibility index (Phi) is 48.5. The van der Waals surface area contributed by atoms with Crippen LogP contribution >= 0.6 is 0 Å². The molecule has 0 bridgehead atoms. The van der Waals surface area contributed by atoms with Crippen molar-refractivity contribution in [3.8, 4) is 0 Å². The van der Waals surface area contributed by atoms with Crippen molar-refractivity contribution in [1.82, 2.24) is 0 Å². The predicted octanol–water partition coefficient (Wildman–Crippen LogP) is 17.1. The third-order valence-corrected chi connectivity index (χ3v) is 10.6. The van der Waals surface area contributed by atoms with Crippen LogP contribution in [0.15, 0.2) is 109 Å². The van der Waals surface area contributed by atoms with Crippen LogP contribution in [0.3, 0.4) is 0 Å². The summed E-state index contributed by atoms with van der Waals surface area (Å²) in [5.41, 5.74) is 0. The van der Waals surface area contributed by atoms with Crippen LogP contribution in [0.5, 0.6) is 0 Å². The highest BCUT2D eigenvalue weighted by Crippen LogP contribution is 2.12. The molecule has 0 aromatic rings. The van der Waals surface area contributed by atoms with Gasteiger partial charge in [0.1, 0.15) is 13.2 Å². The number of ether oxygens (including phenoxy) is 3. The Balaban J connectivity index is 4.57. The number of hydrogen-bond donors (Lipinski definition) is 0. The Morgan fingerprint density at radius 2 is 0.688 bits per heavy atom. The molecule has 0 saturated heterocycles. The lowest BCUT2D eigenvalue weighted by Gasteiger charge is -2.18. The smallest absolute Gasteiger partial charge is 0.306 e. The Hall–Kier alpha value is -3.93. The van der Waals surface area contributed by atoms with E-state index in [1.165, 1.54) is 89.9 Å². The van der Waals surface area contributed by atoms with Crippen LogP contribution in [0.4, 0.5) is 0 Å². The molecule has 0 saturated carbocycles. The third kappa shape index (κ3) is 49.1. The average molecular weight is 887 g/mol. The molecule has 6 heteroatoms. The van der Waals surface area contributed by atoms with Crippen LogP contribution in [-0.4, -0.2) is 37.2 Å². The van der Waals surface area contributed by atoms with Gasteiger partial charge in [-0.1, -0.05) is 214 Å². The molecule has 0 rings (SSSR count). The van der Waals surface area contributed by atoms with E-state index in [0.29, 0.717) is 19.3 Å². The third-order valence-electron chi connectivity index (χ3n) is 10.6. The number of hydrogen-bond acceptors (Lipinski definition) is 6. The van der Waals surface area contributed by atoms with Crippen molar-refractivity contribution < 1.29 is 28.6 Å². The zero-order chi connectivity index (χ0) is 46.5. The molecule has 0 aliphatic carbocycles. The molecular formula is C58H94O6. The minimum atomic E-state index is -0.830. The average Bonchev–Trinajstić information content (AvgIpc) is 3.29. The van der Waals surface area contributed by atoms with Crippen molar-refractivity contribution in [2.45, 2.75) is 226 Å². The molecule has 1 unspecified atom stereocenters. The van der Waals surface area contributed by atoms with Gasteiger partial charge in [0.25, 0.3) is 0 Å². The maximum Gasteiger partial charge on any atom is 0.306 e. The highest BCUT2D eigenvalue weighted by Gasteiger charge is 2.19. The van der Waals surface area contributed by atoms with Gasteiger partial charge >= 0.3 is 17.9 Å². The number of carbonyl (C=O) groups excluding carboxylic acids is 3. The fourth-order valence-corrected chi connectivity index (χ4v) is 6.69. The minimum absolute atomic E-state index is 0.127. The van der Waals surface area contributed by atoms with Crippen molar-refractivity contribution >= 4 is 17.9 Å². The van der Waals surface area contributed by atoms with Crippen LogP contribution in [0.1, 0.15) is 220 Å². The molecule has 0 N–H and O–H groups in total. The van der Waals surface area contributed by atoms with Crippen molar-refractivity contribution in [3.63, 3.8) is 0 Å². The zero-order valence-electron chi connectivity index (χ0n) is 41.3. The van der Waals surface area contributed by atoms with Gasteiger partial charge in [0.15, 0.2) is 6.10 Å². The first-order valence-electron chi connectivity index (χ1n) is 26.0. The monoisotopic (exact) mass is 887 g/mol. The first kappa shape index (κ1) is 60.1.